The third kappa shape index (κ3) is 2.38. The Hall–Kier alpha value is -1.38. The Balaban J connectivity index is 1.67. The van der Waals surface area contributed by atoms with Crippen LogP contribution >= 0.6 is 0 Å². The van der Waals surface area contributed by atoms with Gasteiger partial charge in [0, 0.05) is 17.8 Å². The highest BCUT2D eigenvalue weighted by molar-refractivity contribution is 5.61. The molecule has 2 fully saturated rings. The number of methoxy groups -OCH3 is 1. The van der Waals surface area contributed by atoms with Crippen molar-refractivity contribution >= 4 is 11.4 Å². The first kappa shape index (κ1) is 12.6. The Morgan fingerprint density at radius 1 is 1.32 bits per heavy atom. The first-order valence-electron chi connectivity index (χ1n) is 7.37. The molecule has 3 heteroatoms. The molecular weight excluding hydrogens is 236 g/mol. The summed E-state index contributed by atoms with van der Waals surface area (Å²) in [5.41, 5.74) is 7.66. The summed E-state index contributed by atoms with van der Waals surface area (Å²) in [4.78, 5) is 0. The number of nitrogen functional groups attached to an aromatic ring is 1. The number of hydrogen-bond acceptors (Lipinski definition) is 3. The number of hydrogen-bond donors (Lipinski definition) is 2. The lowest BCUT2D eigenvalue weighted by Gasteiger charge is -2.29. The molecule has 4 unspecified atom stereocenters. The molecule has 104 valence electrons. The summed E-state index contributed by atoms with van der Waals surface area (Å²) in [7, 11) is 1.66. The van der Waals surface area contributed by atoms with Crippen LogP contribution in [-0.2, 0) is 0 Å². The van der Waals surface area contributed by atoms with Crippen LogP contribution in [0.25, 0.3) is 0 Å². The monoisotopic (exact) mass is 260 g/mol. The van der Waals surface area contributed by atoms with E-state index in [9.17, 15) is 0 Å². The fourth-order valence-electron chi connectivity index (χ4n) is 4.08. The van der Waals surface area contributed by atoms with Gasteiger partial charge in [0.2, 0.25) is 0 Å². The first-order chi connectivity index (χ1) is 9.17. The summed E-state index contributed by atoms with van der Waals surface area (Å²) < 4.78 is 5.28. The number of benzene rings is 1. The van der Waals surface area contributed by atoms with Crippen molar-refractivity contribution in [3.8, 4) is 5.75 Å². The van der Waals surface area contributed by atoms with Crippen molar-refractivity contribution in [3.63, 3.8) is 0 Å². The lowest BCUT2D eigenvalue weighted by molar-refractivity contribution is 0.304. The van der Waals surface area contributed by atoms with E-state index in [-0.39, 0.29) is 0 Å². The third-order valence-electron chi connectivity index (χ3n) is 5.06. The van der Waals surface area contributed by atoms with Crippen molar-refractivity contribution in [2.75, 3.05) is 18.2 Å². The van der Waals surface area contributed by atoms with E-state index in [2.05, 4.69) is 12.2 Å². The third-order valence-corrected chi connectivity index (χ3v) is 5.06. The molecule has 4 atom stereocenters. The van der Waals surface area contributed by atoms with Crippen LogP contribution in [-0.4, -0.2) is 13.2 Å². The van der Waals surface area contributed by atoms with E-state index >= 15 is 0 Å². The number of ether oxygens (including phenoxy) is 1. The molecular formula is C16H24N2O. The van der Waals surface area contributed by atoms with Crippen LogP contribution < -0.4 is 15.8 Å². The molecule has 2 bridgehead atoms. The highest BCUT2D eigenvalue weighted by atomic mass is 16.5. The zero-order valence-electron chi connectivity index (χ0n) is 11.9. The Kier molecular flexibility index (Phi) is 3.29. The maximum Gasteiger partial charge on any atom is 0.143 e. The van der Waals surface area contributed by atoms with Gasteiger partial charge in [-0.1, -0.05) is 6.42 Å². The van der Waals surface area contributed by atoms with Crippen LogP contribution in [0.5, 0.6) is 5.75 Å². The summed E-state index contributed by atoms with van der Waals surface area (Å²) in [5, 5.41) is 3.64. The van der Waals surface area contributed by atoms with E-state index < -0.39 is 0 Å². The molecule has 1 aromatic rings. The molecule has 2 aliphatic rings. The number of nitrogens with one attached hydrogen (secondary N) is 1. The molecule has 0 saturated heterocycles. The zero-order chi connectivity index (χ0) is 13.4. The predicted molar refractivity (Wildman–Crippen MR) is 79.4 cm³/mol. The minimum atomic E-state index is 0.531. The highest BCUT2D eigenvalue weighted by Gasteiger charge is 2.41. The fourth-order valence-corrected chi connectivity index (χ4v) is 4.08. The van der Waals surface area contributed by atoms with Gasteiger partial charge in [0.1, 0.15) is 5.75 Å². The second kappa shape index (κ2) is 4.95. The molecule has 0 aliphatic heterocycles. The average molecular weight is 260 g/mol. The predicted octanol–water partition coefficient (Wildman–Crippen LogP) is 3.51. The van der Waals surface area contributed by atoms with Crippen molar-refractivity contribution < 1.29 is 4.74 Å². The number of anilines is 2. The molecule has 19 heavy (non-hydrogen) atoms. The van der Waals surface area contributed by atoms with Gasteiger partial charge in [-0.05, 0) is 56.1 Å². The molecule has 3 nitrogen and oxygen atoms in total. The summed E-state index contributed by atoms with van der Waals surface area (Å²) >= 11 is 0. The molecule has 2 saturated carbocycles. The van der Waals surface area contributed by atoms with Crippen LogP contribution in [0.3, 0.4) is 0 Å². The SMILES string of the molecule is COc1cc(NC(C)C2CC3CCC2C3)ccc1N. The molecule has 0 heterocycles. The second-order valence-electron chi connectivity index (χ2n) is 6.23. The van der Waals surface area contributed by atoms with Gasteiger partial charge in [-0.2, -0.15) is 0 Å². The van der Waals surface area contributed by atoms with Gasteiger partial charge in [0.25, 0.3) is 0 Å². The van der Waals surface area contributed by atoms with E-state index in [4.69, 9.17) is 10.5 Å². The second-order valence-corrected chi connectivity index (χ2v) is 6.23. The van der Waals surface area contributed by atoms with E-state index in [1.165, 1.54) is 25.7 Å². The molecule has 0 amide bonds. The standard InChI is InChI=1S/C16H24N2O/c1-10(14-8-11-3-4-12(14)7-11)18-13-5-6-15(17)16(9-13)19-2/h5-6,9-12,14,18H,3-4,7-8,17H2,1-2H3. The summed E-state index contributed by atoms with van der Waals surface area (Å²) in [6.45, 7) is 2.31. The van der Waals surface area contributed by atoms with Crippen LogP contribution in [0.2, 0.25) is 0 Å². The summed E-state index contributed by atoms with van der Waals surface area (Å²) in [6, 6.07) is 6.48. The van der Waals surface area contributed by atoms with Gasteiger partial charge < -0.3 is 15.8 Å². The molecule has 0 radical (unpaired) electrons. The van der Waals surface area contributed by atoms with Gasteiger partial charge in [-0.25, -0.2) is 0 Å². The lowest BCUT2D eigenvalue weighted by Crippen LogP contribution is -2.29. The molecule has 2 aliphatic carbocycles. The molecule has 0 aromatic heterocycles. The van der Waals surface area contributed by atoms with Crippen LogP contribution in [0.4, 0.5) is 11.4 Å². The van der Waals surface area contributed by atoms with Gasteiger partial charge in [0.15, 0.2) is 0 Å². The van der Waals surface area contributed by atoms with Crippen molar-refractivity contribution in [1.82, 2.24) is 0 Å². The van der Waals surface area contributed by atoms with Gasteiger partial charge >= 0.3 is 0 Å². The zero-order valence-corrected chi connectivity index (χ0v) is 11.9. The van der Waals surface area contributed by atoms with Crippen LogP contribution in [0, 0.1) is 17.8 Å². The maximum absolute atomic E-state index is 5.85. The summed E-state index contributed by atoms with van der Waals surface area (Å²) in [6.07, 6.45) is 5.77. The van der Waals surface area contributed by atoms with Crippen LogP contribution in [0.1, 0.15) is 32.6 Å². The fraction of sp³-hybridized carbons (Fsp3) is 0.625. The van der Waals surface area contributed by atoms with E-state index in [0.717, 1.165) is 29.2 Å². The van der Waals surface area contributed by atoms with Crippen molar-refractivity contribution in [1.29, 1.82) is 0 Å². The Morgan fingerprint density at radius 2 is 2.16 bits per heavy atom. The van der Waals surface area contributed by atoms with E-state index in [1.807, 2.05) is 18.2 Å². The normalized spacial score (nSPS) is 30.3. The number of fused-ring (bicyclic) bond motifs is 2. The quantitative estimate of drug-likeness (QED) is 0.814. The smallest absolute Gasteiger partial charge is 0.143 e. The minimum absolute atomic E-state index is 0.531. The topological polar surface area (TPSA) is 47.3 Å². The van der Waals surface area contributed by atoms with Crippen LogP contribution in [0.15, 0.2) is 18.2 Å². The molecule has 3 N–H and O–H groups in total. The number of rotatable bonds is 4. The highest BCUT2D eigenvalue weighted by Crippen LogP contribution is 2.49. The van der Waals surface area contributed by atoms with E-state index in [0.29, 0.717) is 11.7 Å². The van der Waals surface area contributed by atoms with Gasteiger partial charge in [-0.15, -0.1) is 0 Å². The van der Waals surface area contributed by atoms with Gasteiger partial charge in [0.05, 0.1) is 12.8 Å². The molecule has 0 spiro atoms. The Labute approximate surface area is 115 Å². The van der Waals surface area contributed by atoms with Crippen molar-refractivity contribution in [3.05, 3.63) is 18.2 Å². The molecule has 1 aromatic carbocycles. The Bertz CT molecular complexity index is 460. The lowest BCUT2D eigenvalue weighted by atomic mass is 9.84. The largest absolute Gasteiger partial charge is 0.495 e. The average Bonchev–Trinajstić information content (AvgIpc) is 3.03. The minimum Gasteiger partial charge on any atom is -0.495 e. The maximum atomic E-state index is 5.85. The first-order valence-corrected chi connectivity index (χ1v) is 7.37. The number of nitrogens with two attached hydrogens (primary N) is 1. The van der Waals surface area contributed by atoms with Crippen molar-refractivity contribution in [2.24, 2.45) is 17.8 Å². The van der Waals surface area contributed by atoms with Crippen molar-refractivity contribution in [2.45, 2.75) is 38.6 Å². The summed E-state index contributed by atoms with van der Waals surface area (Å²) in [5.74, 6) is 3.54. The van der Waals surface area contributed by atoms with E-state index in [1.54, 1.807) is 7.11 Å². The Morgan fingerprint density at radius 3 is 2.79 bits per heavy atom. The molecule has 3 rings (SSSR count). The van der Waals surface area contributed by atoms with Gasteiger partial charge in [-0.3, -0.25) is 0 Å².